The third-order valence-corrected chi connectivity index (χ3v) is 9.11. The molecule has 47 heavy (non-hydrogen) atoms. The lowest BCUT2D eigenvalue weighted by atomic mass is 9.91. The Kier molecular flexibility index (Phi) is 8.95. The van der Waals surface area contributed by atoms with Crippen LogP contribution in [-0.4, -0.2) is 22.0 Å². The summed E-state index contributed by atoms with van der Waals surface area (Å²) in [5.41, 5.74) is 1.34. The molecule has 6 rings (SSSR count). The maximum atomic E-state index is 14.8. The van der Waals surface area contributed by atoms with E-state index < -0.39 is 35.6 Å². The van der Waals surface area contributed by atoms with E-state index in [1.54, 1.807) is 28.2 Å². The maximum absolute atomic E-state index is 14.8. The molecule has 5 aromatic rings. The predicted molar refractivity (Wildman–Crippen MR) is 170 cm³/mol. The number of hydrogen-bond donors (Lipinski definition) is 0. The molecular weight excluding hydrogens is 662 g/mol. The van der Waals surface area contributed by atoms with Crippen LogP contribution < -0.4 is 0 Å². The van der Waals surface area contributed by atoms with E-state index in [2.05, 4.69) is 4.98 Å². The van der Waals surface area contributed by atoms with Gasteiger partial charge in [-0.2, -0.15) is 13.2 Å². The van der Waals surface area contributed by atoms with E-state index in [9.17, 15) is 31.1 Å². The number of alkyl halides is 5. The monoisotopic (exact) mass is 684 g/mol. The molecule has 0 aliphatic heterocycles. The Balaban J connectivity index is 1.63. The topological polar surface area (TPSA) is 44.1 Å². The molecule has 0 saturated carbocycles. The Bertz CT molecular complexity index is 2070. The lowest BCUT2D eigenvalue weighted by Crippen LogP contribution is -2.09. The molecule has 2 heterocycles. The number of hydrogen-bond acceptors (Lipinski definition) is 4. The van der Waals surface area contributed by atoms with Gasteiger partial charge in [0.05, 0.1) is 29.6 Å². The molecule has 0 bridgehead atoms. The zero-order valence-electron chi connectivity index (χ0n) is 24.4. The molecule has 1 aliphatic carbocycles. The van der Waals surface area contributed by atoms with Crippen molar-refractivity contribution in [2.24, 2.45) is 0 Å². The second-order valence-corrected chi connectivity index (χ2v) is 12.0. The van der Waals surface area contributed by atoms with E-state index in [-0.39, 0.29) is 22.2 Å². The minimum absolute atomic E-state index is 0.0397. The number of benzene rings is 3. The Hall–Kier alpha value is -4.48. The van der Waals surface area contributed by atoms with Crippen LogP contribution in [-0.2, 0) is 15.7 Å². The first kappa shape index (κ1) is 32.5. The Morgan fingerprint density at radius 3 is 2.40 bits per heavy atom. The summed E-state index contributed by atoms with van der Waals surface area (Å²) in [7, 11) is 1.28. The van der Waals surface area contributed by atoms with Gasteiger partial charge in [-0.1, -0.05) is 41.9 Å². The molecule has 2 aromatic heterocycles. The summed E-state index contributed by atoms with van der Waals surface area (Å²) >= 11 is 7.70. The van der Waals surface area contributed by atoms with Gasteiger partial charge < -0.3 is 4.74 Å². The fraction of sp³-hybridized carbons (Fsp3) is 0.143. The van der Waals surface area contributed by atoms with Gasteiger partial charge in [0, 0.05) is 43.8 Å². The van der Waals surface area contributed by atoms with Crippen molar-refractivity contribution in [3.63, 3.8) is 0 Å². The summed E-state index contributed by atoms with van der Waals surface area (Å²) < 4.78 is 91.2. The Morgan fingerprint density at radius 1 is 0.979 bits per heavy atom. The lowest BCUT2D eigenvalue weighted by Gasteiger charge is -2.18. The van der Waals surface area contributed by atoms with Crippen LogP contribution >= 0.6 is 23.5 Å². The number of fused-ring (bicyclic) bond motifs is 1. The molecule has 12 heteroatoms. The van der Waals surface area contributed by atoms with E-state index in [4.69, 9.17) is 16.3 Å². The zero-order chi connectivity index (χ0) is 33.5. The molecular formula is C35H23ClF6N2O2S. The normalized spacial score (nSPS) is 13.8. The predicted octanol–water partition coefficient (Wildman–Crippen LogP) is 10.9. The van der Waals surface area contributed by atoms with Gasteiger partial charge in [0.25, 0.3) is 6.43 Å². The van der Waals surface area contributed by atoms with Crippen molar-refractivity contribution in [1.82, 2.24) is 8.96 Å². The fourth-order valence-corrected chi connectivity index (χ4v) is 6.91. The highest BCUT2D eigenvalue weighted by Crippen LogP contribution is 2.48. The van der Waals surface area contributed by atoms with Gasteiger partial charge in [-0.3, -0.25) is 8.96 Å². The largest absolute Gasteiger partial charge is 0.466 e. The molecule has 0 radical (unpaired) electrons. The Labute approximate surface area is 274 Å². The number of pyridine rings is 1. The average Bonchev–Trinajstić information content (AvgIpc) is 3.36. The minimum Gasteiger partial charge on any atom is -0.466 e. The van der Waals surface area contributed by atoms with Gasteiger partial charge in [-0.15, -0.1) is 0 Å². The molecule has 0 spiro atoms. The quantitative estimate of drug-likeness (QED) is 0.126. The van der Waals surface area contributed by atoms with Gasteiger partial charge in [0.2, 0.25) is 0 Å². The van der Waals surface area contributed by atoms with Crippen molar-refractivity contribution >= 4 is 46.0 Å². The molecule has 0 amide bonds. The molecule has 3 aromatic carbocycles. The number of allylic oxidation sites excluding steroid dienone is 3. The van der Waals surface area contributed by atoms with Gasteiger partial charge in [0.1, 0.15) is 5.82 Å². The second kappa shape index (κ2) is 13.0. The van der Waals surface area contributed by atoms with Crippen LogP contribution in [0.15, 0.2) is 107 Å². The van der Waals surface area contributed by atoms with Crippen molar-refractivity contribution < 1.29 is 35.9 Å². The van der Waals surface area contributed by atoms with Crippen LogP contribution in [0.1, 0.15) is 36.0 Å². The van der Waals surface area contributed by atoms with Gasteiger partial charge in [-0.05, 0) is 90.5 Å². The highest BCUT2D eigenvalue weighted by molar-refractivity contribution is 7.98. The number of aromatic nitrogens is 2. The Morgan fingerprint density at radius 2 is 1.72 bits per heavy atom. The summed E-state index contributed by atoms with van der Waals surface area (Å²) in [5.74, 6) is -1.16. The molecule has 1 aliphatic rings. The summed E-state index contributed by atoms with van der Waals surface area (Å²) in [6.07, 6.45) is -3.94. The summed E-state index contributed by atoms with van der Waals surface area (Å²) in [6.45, 7) is 0. The number of halogens is 7. The number of esters is 1. The van der Waals surface area contributed by atoms with Crippen molar-refractivity contribution in [3.8, 4) is 22.5 Å². The first-order valence-corrected chi connectivity index (χ1v) is 15.3. The molecule has 4 nitrogen and oxygen atoms in total. The SMILES string of the molecule is COC(=O)C1=CC(Cl)=C(c2cccc(-c3c(-c4ncccc4C(F)(F)F)c4cc(F)ccc4n3Sc3ccc(C(F)F)cc3)c2)CC1. The number of carbonyl (C=O) groups is 1. The molecule has 0 atom stereocenters. The summed E-state index contributed by atoms with van der Waals surface area (Å²) in [6, 6.07) is 18.4. The van der Waals surface area contributed by atoms with Gasteiger partial charge in [0.15, 0.2) is 0 Å². The van der Waals surface area contributed by atoms with E-state index in [0.717, 1.165) is 24.1 Å². The zero-order valence-corrected chi connectivity index (χ0v) is 26.0. The molecule has 0 N–H and O–H groups in total. The van der Waals surface area contributed by atoms with Crippen LogP contribution in [0.25, 0.3) is 39.0 Å². The lowest BCUT2D eigenvalue weighted by molar-refractivity contribution is -0.137. The minimum atomic E-state index is -4.78. The smallest absolute Gasteiger partial charge is 0.418 e. The molecule has 0 unspecified atom stereocenters. The van der Waals surface area contributed by atoms with Crippen molar-refractivity contribution in [3.05, 3.63) is 124 Å². The summed E-state index contributed by atoms with van der Waals surface area (Å²) in [4.78, 5) is 16.8. The second-order valence-electron chi connectivity index (χ2n) is 10.6. The summed E-state index contributed by atoms with van der Waals surface area (Å²) in [5, 5.41) is 0.487. The van der Waals surface area contributed by atoms with Crippen molar-refractivity contribution in [2.45, 2.75) is 30.3 Å². The highest BCUT2D eigenvalue weighted by atomic mass is 35.5. The highest BCUT2D eigenvalue weighted by Gasteiger charge is 2.36. The number of rotatable bonds is 7. The van der Waals surface area contributed by atoms with Crippen LogP contribution in [0.2, 0.25) is 0 Å². The first-order valence-electron chi connectivity index (χ1n) is 14.2. The van der Waals surface area contributed by atoms with Crippen LogP contribution in [0.4, 0.5) is 26.3 Å². The van der Waals surface area contributed by atoms with E-state index in [0.29, 0.717) is 50.6 Å². The van der Waals surface area contributed by atoms with Crippen LogP contribution in [0.3, 0.4) is 0 Å². The number of nitrogens with zero attached hydrogens (tertiary/aromatic N) is 2. The molecule has 0 fully saturated rings. The van der Waals surface area contributed by atoms with Crippen molar-refractivity contribution in [2.75, 3.05) is 7.11 Å². The third-order valence-electron chi connectivity index (χ3n) is 7.73. The third kappa shape index (κ3) is 6.42. The number of ether oxygens (including phenoxy) is 1. The average molecular weight is 685 g/mol. The molecule has 0 saturated heterocycles. The van der Waals surface area contributed by atoms with Gasteiger partial charge in [-0.25, -0.2) is 18.0 Å². The molecule has 240 valence electrons. The first-order chi connectivity index (χ1) is 22.5. The van der Waals surface area contributed by atoms with Crippen LogP contribution in [0, 0.1) is 5.82 Å². The number of carbonyl (C=O) groups excluding carboxylic acids is 1. The van der Waals surface area contributed by atoms with E-state index in [1.807, 2.05) is 0 Å². The standard InChI is InChI=1S/C35H23ClF6N2O2S/c1-46-34(45)22-9-13-25(28(36)17-22)20-4-2-5-21(16-20)32-30(31-27(35(40,41)42)6-3-15-43-31)26-18-23(37)10-14-29(26)44(32)47-24-11-7-19(8-12-24)33(38)39/h2-8,10-12,14-18,33H,9,13H2,1H3. The van der Waals surface area contributed by atoms with E-state index in [1.165, 1.54) is 61.8 Å². The van der Waals surface area contributed by atoms with Crippen molar-refractivity contribution in [1.29, 1.82) is 0 Å². The van der Waals surface area contributed by atoms with Crippen LogP contribution in [0.5, 0.6) is 0 Å². The van der Waals surface area contributed by atoms with E-state index >= 15 is 0 Å². The van der Waals surface area contributed by atoms with Gasteiger partial charge >= 0.3 is 12.1 Å². The number of methoxy groups -OCH3 is 1. The fourth-order valence-electron chi connectivity index (χ4n) is 5.56. The maximum Gasteiger partial charge on any atom is 0.418 e.